The zero-order valence-electron chi connectivity index (χ0n) is 17.2. The summed E-state index contributed by atoms with van der Waals surface area (Å²) in [6, 6.07) is 10.0. The van der Waals surface area contributed by atoms with Gasteiger partial charge in [0, 0.05) is 10.6 Å². The maximum atomic E-state index is 6.22. The summed E-state index contributed by atoms with van der Waals surface area (Å²) in [5.74, 6) is 1.86. The SMILES string of the molecule is CCCCN(CCCC)CCCNCc1ccc(-c2cccc(Cl)c2C)o1. The first-order chi connectivity index (χ1) is 13.2. The van der Waals surface area contributed by atoms with Crippen LogP contribution in [0.2, 0.25) is 5.02 Å². The Morgan fingerprint density at radius 1 is 0.963 bits per heavy atom. The highest BCUT2D eigenvalue weighted by Gasteiger charge is 2.09. The maximum Gasteiger partial charge on any atom is 0.134 e. The standard InChI is InChI=1S/C23H35ClN2O/c1-4-6-15-26(16-7-5-2)17-9-14-25-18-20-12-13-23(27-20)21-10-8-11-22(24)19(21)3/h8,10-13,25H,4-7,9,14-18H2,1-3H3. The number of nitrogens with one attached hydrogen (secondary N) is 1. The van der Waals surface area contributed by atoms with Crippen LogP contribution in [0.25, 0.3) is 11.3 Å². The largest absolute Gasteiger partial charge is 0.460 e. The van der Waals surface area contributed by atoms with Gasteiger partial charge < -0.3 is 14.6 Å². The van der Waals surface area contributed by atoms with Gasteiger partial charge in [-0.3, -0.25) is 0 Å². The molecule has 0 radical (unpaired) electrons. The predicted octanol–water partition coefficient (Wildman–Crippen LogP) is 6.29. The van der Waals surface area contributed by atoms with Crippen LogP contribution in [-0.4, -0.2) is 31.1 Å². The Balaban J connectivity index is 1.74. The van der Waals surface area contributed by atoms with Crippen LogP contribution < -0.4 is 5.32 Å². The van der Waals surface area contributed by atoms with Crippen molar-refractivity contribution in [1.82, 2.24) is 10.2 Å². The molecule has 1 aromatic carbocycles. The Morgan fingerprint density at radius 2 is 1.67 bits per heavy atom. The second-order valence-electron chi connectivity index (χ2n) is 7.26. The average molecular weight is 391 g/mol. The summed E-state index contributed by atoms with van der Waals surface area (Å²) in [6.45, 7) is 12.0. The highest BCUT2D eigenvalue weighted by Crippen LogP contribution is 2.29. The molecular weight excluding hydrogens is 356 g/mol. The van der Waals surface area contributed by atoms with E-state index in [1.165, 1.54) is 51.7 Å². The van der Waals surface area contributed by atoms with Crippen LogP contribution in [0.1, 0.15) is 57.3 Å². The summed E-state index contributed by atoms with van der Waals surface area (Å²) in [5, 5.41) is 4.29. The van der Waals surface area contributed by atoms with Gasteiger partial charge in [-0.05, 0) is 76.1 Å². The molecule has 0 atom stereocenters. The minimum atomic E-state index is 0.767. The molecule has 27 heavy (non-hydrogen) atoms. The lowest BCUT2D eigenvalue weighted by Gasteiger charge is -2.21. The summed E-state index contributed by atoms with van der Waals surface area (Å²) in [4.78, 5) is 2.61. The molecule has 0 unspecified atom stereocenters. The van der Waals surface area contributed by atoms with E-state index in [0.29, 0.717) is 0 Å². The fourth-order valence-corrected chi connectivity index (χ4v) is 3.40. The first-order valence-electron chi connectivity index (χ1n) is 10.4. The lowest BCUT2D eigenvalue weighted by Crippen LogP contribution is -2.29. The summed E-state index contributed by atoms with van der Waals surface area (Å²) < 4.78 is 6.01. The molecule has 2 aromatic rings. The molecular formula is C23H35ClN2O. The fraction of sp³-hybridized carbons (Fsp3) is 0.565. The molecule has 3 nitrogen and oxygen atoms in total. The Labute approximate surface area is 170 Å². The van der Waals surface area contributed by atoms with E-state index in [0.717, 1.165) is 40.8 Å². The first kappa shape index (κ1) is 22.0. The number of unbranched alkanes of at least 4 members (excludes halogenated alkanes) is 2. The second kappa shape index (κ2) is 12.2. The molecule has 1 N–H and O–H groups in total. The second-order valence-corrected chi connectivity index (χ2v) is 7.66. The van der Waals surface area contributed by atoms with Crippen molar-refractivity contribution in [3.05, 3.63) is 46.7 Å². The van der Waals surface area contributed by atoms with Crippen LogP contribution in [0.5, 0.6) is 0 Å². The molecule has 1 aromatic heterocycles. The van der Waals surface area contributed by atoms with Crippen LogP contribution in [-0.2, 0) is 6.54 Å². The molecule has 1 heterocycles. The van der Waals surface area contributed by atoms with Gasteiger partial charge >= 0.3 is 0 Å². The van der Waals surface area contributed by atoms with Crippen LogP contribution in [0.3, 0.4) is 0 Å². The zero-order chi connectivity index (χ0) is 19.5. The molecule has 0 saturated carbocycles. The molecule has 0 bridgehead atoms. The van der Waals surface area contributed by atoms with Crippen molar-refractivity contribution in [2.24, 2.45) is 0 Å². The molecule has 4 heteroatoms. The Hall–Kier alpha value is -1.29. The lowest BCUT2D eigenvalue weighted by molar-refractivity contribution is 0.260. The molecule has 2 rings (SSSR count). The summed E-state index contributed by atoms with van der Waals surface area (Å²) >= 11 is 6.22. The number of rotatable bonds is 13. The third kappa shape index (κ3) is 7.33. The Morgan fingerprint density at radius 3 is 2.37 bits per heavy atom. The third-order valence-corrected chi connectivity index (χ3v) is 5.39. The molecule has 0 aliphatic carbocycles. The number of furan rings is 1. The van der Waals surface area contributed by atoms with Gasteiger partial charge in [-0.25, -0.2) is 0 Å². The van der Waals surface area contributed by atoms with E-state index in [9.17, 15) is 0 Å². The van der Waals surface area contributed by atoms with E-state index in [2.05, 4.69) is 36.2 Å². The van der Waals surface area contributed by atoms with Gasteiger partial charge in [0.05, 0.1) is 6.54 Å². The monoisotopic (exact) mass is 390 g/mol. The molecule has 0 spiro atoms. The molecule has 150 valence electrons. The van der Waals surface area contributed by atoms with E-state index in [-0.39, 0.29) is 0 Å². The Kier molecular flexibility index (Phi) is 9.96. The van der Waals surface area contributed by atoms with E-state index in [4.69, 9.17) is 16.0 Å². The summed E-state index contributed by atoms with van der Waals surface area (Å²) in [7, 11) is 0. The predicted molar refractivity (Wildman–Crippen MR) is 116 cm³/mol. The molecule has 0 amide bonds. The molecule has 0 saturated heterocycles. The van der Waals surface area contributed by atoms with Crippen molar-refractivity contribution >= 4 is 11.6 Å². The Bertz CT molecular complexity index is 660. The van der Waals surface area contributed by atoms with Crippen molar-refractivity contribution in [1.29, 1.82) is 0 Å². The van der Waals surface area contributed by atoms with E-state index in [1.54, 1.807) is 0 Å². The number of hydrogen-bond acceptors (Lipinski definition) is 3. The van der Waals surface area contributed by atoms with Gasteiger partial charge in [-0.2, -0.15) is 0 Å². The maximum absolute atomic E-state index is 6.22. The highest BCUT2D eigenvalue weighted by molar-refractivity contribution is 6.31. The number of nitrogens with zero attached hydrogens (tertiary/aromatic N) is 1. The van der Waals surface area contributed by atoms with Gasteiger partial charge in [0.25, 0.3) is 0 Å². The van der Waals surface area contributed by atoms with Gasteiger partial charge in [-0.15, -0.1) is 0 Å². The van der Waals surface area contributed by atoms with Crippen molar-refractivity contribution in [3.8, 4) is 11.3 Å². The smallest absolute Gasteiger partial charge is 0.134 e. The number of hydrogen-bond donors (Lipinski definition) is 1. The normalized spacial score (nSPS) is 11.4. The quantitative estimate of drug-likeness (QED) is 0.407. The molecule has 0 aliphatic heterocycles. The van der Waals surface area contributed by atoms with Gasteiger partial charge in [0.15, 0.2) is 0 Å². The fourth-order valence-electron chi connectivity index (χ4n) is 3.23. The van der Waals surface area contributed by atoms with Crippen LogP contribution >= 0.6 is 11.6 Å². The molecule has 0 aliphatic rings. The van der Waals surface area contributed by atoms with Crippen molar-refractivity contribution in [2.75, 3.05) is 26.2 Å². The minimum Gasteiger partial charge on any atom is -0.460 e. The summed E-state index contributed by atoms with van der Waals surface area (Å²) in [5.41, 5.74) is 2.13. The number of halogens is 1. The first-order valence-corrected chi connectivity index (χ1v) is 10.8. The van der Waals surface area contributed by atoms with Crippen LogP contribution in [0.4, 0.5) is 0 Å². The van der Waals surface area contributed by atoms with Crippen molar-refractivity contribution < 1.29 is 4.42 Å². The average Bonchev–Trinajstić information content (AvgIpc) is 3.14. The van der Waals surface area contributed by atoms with Gasteiger partial charge in [-0.1, -0.05) is 50.4 Å². The van der Waals surface area contributed by atoms with E-state index >= 15 is 0 Å². The van der Waals surface area contributed by atoms with Crippen LogP contribution in [0, 0.1) is 6.92 Å². The van der Waals surface area contributed by atoms with Gasteiger partial charge in [0.1, 0.15) is 11.5 Å². The van der Waals surface area contributed by atoms with E-state index < -0.39 is 0 Å². The van der Waals surface area contributed by atoms with E-state index in [1.807, 2.05) is 25.1 Å². The third-order valence-electron chi connectivity index (χ3n) is 4.98. The highest BCUT2D eigenvalue weighted by atomic mass is 35.5. The minimum absolute atomic E-state index is 0.767. The van der Waals surface area contributed by atoms with Crippen LogP contribution in [0.15, 0.2) is 34.7 Å². The van der Waals surface area contributed by atoms with Gasteiger partial charge in [0.2, 0.25) is 0 Å². The molecule has 0 fully saturated rings. The summed E-state index contributed by atoms with van der Waals surface area (Å²) in [6.07, 6.45) is 6.32. The zero-order valence-corrected chi connectivity index (χ0v) is 17.9. The number of benzene rings is 1. The lowest BCUT2D eigenvalue weighted by atomic mass is 10.1. The topological polar surface area (TPSA) is 28.4 Å². The van der Waals surface area contributed by atoms with Crippen molar-refractivity contribution in [3.63, 3.8) is 0 Å². The van der Waals surface area contributed by atoms with Crippen molar-refractivity contribution in [2.45, 2.75) is 59.4 Å².